The van der Waals surface area contributed by atoms with Crippen LogP contribution in [0.2, 0.25) is 0 Å². The number of carbonyl (C=O) groups excluding carboxylic acids is 1. The topological polar surface area (TPSA) is 26.3 Å². The monoisotopic (exact) mass is 266 g/mol. The zero-order valence-electron chi connectivity index (χ0n) is 9.68. The lowest BCUT2D eigenvalue weighted by Crippen LogP contribution is -2.45. The van der Waals surface area contributed by atoms with E-state index in [-0.39, 0.29) is 5.60 Å². The van der Waals surface area contributed by atoms with Crippen molar-refractivity contribution < 1.29 is 18.3 Å². The van der Waals surface area contributed by atoms with Crippen LogP contribution in [0.5, 0.6) is 0 Å². The highest BCUT2D eigenvalue weighted by atomic mass is 35.5. The summed E-state index contributed by atoms with van der Waals surface area (Å²) in [5.41, 5.74) is -0.334. The Morgan fingerprint density at radius 3 is 2.53 bits per heavy atom. The molecule has 1 saturated heterocycles. The molecule has 1 unspecified atom stereocenters. The number of ether oxygens (including phenoxy) is 1. The molecule has 1 spiro atoms. The van der Waals surface area contributed by atoms with Gasteiger partial charge in [-0.2, -0.15) is 8.78 Å². The Kier molecular flexibility index (Phi) is 3.74. The van der Waals surface area contributed by atoms with E-state index in [9.17, 15) is 13.6 Å². The minimum Gasteiger partial charge on any atom is -0.375 e. The average molecular weight is 267 g/mol. The number of rotatable bonds is 2. The van der Waals surface area contributed by atoms with Crippen LogP contribution < -0.4 is 0 Å². The molecule has 2 nitrogen and oxygen atoms in total. The summed E-state index contributed by atoms with van der Waals surface area (Å²) in [7, 11) is 0. The van der Waals surface area contributed by atoms with Gasteiger partial charge >= 0.3 is 5.38 Å². The van der Waals surface area contributed by atoms with Crippen molar-refractivity contribution in [2.45, 2.75) is 55.9 Å². The van der Waals surface area contributed by atoms with E-state index in [1.54, 1.807) is 0 Å². The first-order valence-electron chi connectivity index (χ1n) is 6.18. The first kappa shape index (κ1) is 13.2. The lowest BCUT2D eigenvalue weighted by atomic mass is 9.75. The number of halogens is 3. The van der Waals surface area contributed by atoms with Gasteiger partial charge in [0.05, 0.1) is 5.60 Å². The molecular weight excluding hydrogens is 250 g/mol. The van der Waals surface area contributed by atoms with Crippen LogP contribution in [-0.4, -0.2) is 23.4 Å². The molecule has 2 aliphatic rings. The van der Waals surface area contributed by atoms with Crippen molar-refractivity contribution in [3.05, 3.63) is 0 Å². The van der Waals surface area contributed by atoms with Crippen LogP contribution in [0.1, 0.15) is 44.9 Å². The third kappa shape index (κ3) is 2.97. The second-order valence-corrected chi connectivity index (χ2v) is 5.62. The Hall–Kier alpha value is -0.220. The Bertz CT molecular complexity index is 290. The SMILES string of the molecule is O=C(C1CCOC2(CCCCC2)C1)C(F)(F)Cl. The quantitative estimate of drug-likeness (QED) is 0.715. The molecule has 0 radical (unpaired) electrons. The van der Waals surface area contributed by atoms with Gasteiger partial charge in [0, 0.05) is 12.5 Å². The van der Waals surface area contributed by atoms with E-state index in [1.165, 1.54) is 0 Å². The first-order valence-corrected chi connectivity index (χ1v) is 6.56. The van der Waals surface area contributed by atoms with Gasteiger partial charge in [0.1, 0.15) is 0 Å². The summed E-state index contributed by atoms with van der Waals surface area (Å²) in [5.74, 6) is -1.78. The molecule has 1 aliphatic heterocycles. The van der Waals surface area contributed by atoms with Gasteiger partial charge in [-0.1, -0.05) is 19.3 Å². The van der Waals surface area contributed by atoms with Crippen LogP contribution in [0.4, 0.5) is 8.78 Å². The zero-order valence-corrected chi connectivity index (χ0v) is 10.4. The smallest absolute Gasteiger partial charge is 0.375 e. The molecule has 17 heavy (non-hydrogen) atoms. The van der Waals surface area contributed by atoms with E-state index in [4.69, 9.17) is 16.3 Å². The lowest BCUT2D eigenvalue weighted by Gasteiger charge is -2.43. The maximum absolute atomic E-state index is 12.8. The van der Waals surface area contributed by atoms with Gasteiger partial charge in [-0.3, -0.25) is 4.79 Å². The maximum Gasteiger partial charge on any atom is 0.380 e. The standard InChI is InChI=1S/C12H17ClF2O2/c13-12(14,15)10(16)9-4-7-17-11(8-9)5-2-1-3-6-11/h9H,1-8H2. The Morgan fingerprint density at radius 2 is 1.94 bits per heavy atom. The van der Waals surface area contributed by atoms with Crippen LogP contribution >= 0.6 is 11.6 Å². The van der Waals surface area contributed by atoms with E-state index in [1.807, 2.05) is 0 Å². The van der Waals surface area contributed by atoms with Crippen molar-refractivity contribution in [1.29, 1.82) is 0 Å². The minimum atomic E-state index is -3.72. The molecule has 5 heteroatoms. The fraction of sp³-hybridized carbons (Fsp3) is 0.917. The average Bonchev–Trinajstić information content (AvgIpc) is 2.28. The zero-order chi connectivity index (χ0) is 12.5. The number of hydrogen-bond acceptors (Lipinski definition) is 2. The van der Waals surface area contributed by atoms with E-state index in [2.05, 4.69) is 0 Å². The van der Waals surface area contributed by atoms with Crippen molar-refractivity contribution in [3.8, 4) is 0 Å². The van der Waals surface area contributed by atoms with E-state index >= 15 is 0 Å². The van der Waals surface area contributed by atoms with Crippen LogP contribution in [0.3, 0.4) is 0 Å². The molecule has 1 heterocycles. The van der Waals surface area contributed by atoms with Crippen molar-refractivity contribution in [1.82, 2.24) is 0 Å². The molecule has 0 bridgehead atoms. The van der Waals surface area contributed by atoms with Gasteiger partial charge in [0.15, 0.2) is 0 Å². The Labute approximate surface area is 105 Å². The normalized spacial score (nSPS) is 29.2. The number of Topliss-reactive ketones (excluding diaryl/α,β-unsaturated/α-hetero) is 1. The van der Waals surface area contributed by atoms with E-state index < -0.39 is 17.1 Å². The fourth-order valence-electron chi connectivity index (χ4n) is 3.03. The van der Waals surface area contributed by atoms with Gasteiger partial charge in [-0.25, -0.2) is 0 Å². The summed E-state index contributed by atoms with van der Waals surface area (Å²) < 4.78 is 31.4. The molecule has 0 amide bonds. The molecule has 98 valence electrons. The third-order valence-electron chi connectivity index (χ3n) is 3.91. The molecule has 1 aliphatic carbocycles. The highest BCUT2D eigenvalue weighted by molar-refractivity contribution is 6.32. The predicted molar refractivity (Wildman–Crippen MR) is 60.3 cm³/mol. The largest absolute Gasteiger partial charge is 0.380 e. The van der Waals surface area contributed by atoms with Crippen LogP contribution in [0.25, 0.3) is 0 Å². The first-order chi connectivity index (χ1) is 7.93. The lowest BCUT2D eigenvalue weighted by molar-refractivity contribution is -0.154. The molecule has 1 saturated carbocycles. The van der Waals surface area contributed by atoms with E-state index in [0.29, 0.717) is 19.4 Å². The summed E-state index contributed by atoms with van der Waals surface area (Å²) in [6, 6.07) is 0. The maximum atomic E-state index is 12.8. The number of ketones is 1. The summed E-state index contributed by atoms with van der Waals surface area (Å²) in [6.45, 7) is 0.392. The molecule has 0 aromatic rings. The summed E-state index contributed by atoms with van der Waals surface area (Å²) in [6.07, 6.45) is 5.80. The highest BCUT2D eigenvalue weighted by Crippen LogP contribution is 2.42. The second-order valence-electron chi connectivity index (χ2n) is 5.14. The van der Waals surface area contributed by atoms with Crippen LogP contribution in [-0.2, 0) is 9.53 Å². The molecule has 0 aromatic carbocycles. The van der Waals surface area contributed by atoms with Gasteiger partial charge in [-0.05, 0) is 37.3 Å². The molecule has 2 fully saturated rings. The number of hydrogen-bond donors (Lipinski definition) is 0. The Morgan fingerprint density at radius 1 is 1.29 bits per heavy atom. The summed E-state index contributed by atoms with van der Waals surface area (Å²) >= 11 is 4.82. The number of carbonyl (C=O) groups is 1. The van der Waals surface area contributed by atoms with Crippen molar-refractivity contribution in [2.24, 2.45) is 5.92 Å². The Balaban J connectivity index is 2.04. The molecular formula is C12H17ClF2O2. The van der Waals surface area contributed by atoms with Crippen molar-refractivity contribution in [2.75, 3.05) is 6.61 Å². The summed E-state index contributed by atoms with van der Waals surface area (Å²) in [4.78, 5) is 11.5. The predicted octanol–water partition coefficient (Wildman–Crippen LogP) is 3.52. The van der Waals surface area contributed by atoms with Gasteiger partial charge in [0.2, 0.25) is 5.78 Å². The van der Waals surface area contributed by atoms with Crippen molar-refractivity contribution >= 4 is 17.4 Å². The molecule has 0 aromatic heterocycles. The summed E-state index contributed by atoms with van der Waals surface area (Å²) in [5, 5.41) is -3.72. The minimum absolute atomic E-state index is 0.334. The molecule has 2 rings (SSSR count). The number of alkyl halides is 3. The third-order valence-corrected chi connectivity index (χ3v) is 4.09. The molecule has 0 N–H and O–H groups in total. The van der Waals surface area contributed by atoms with Gasteiger partial charge < -0.3 is 4.74 Å². The molecule has 1 atom stereocenters. The van der Waals surface area contributed by atoms with Crippen LogP contribution in [0.15, 0.2) is 0 Å². The highest BCUT2D eigenvalue weighted by Gasteiger charge is 2.47. The van der Waals surface area contributed by atoms with Crippen LogP contribution in [0, 0.1) is 5.92 Å². The second kappa shape index (κ2) is 4.81. The van der Waals surface area contributed by atoms with Crippen molar-refractivity contribution in [3.63, 3.8) is 0 Å². The van der Waals surface area contributed by atoms with E-state index in [0.717, 1.165) is 32.1 Å². The fourth-order valence-corrected chi connectivity index (χ4v) is 3.18. The van der Waals surface area contributed by atoms with Gasteiger partial charge in [-0.15, -0.1) is 0 Å². The van der Waals surface area contributed by atoms with Gasteiger partial charge in [0.25, 0.3) is 0 Å².